The normalized spacial score (nSPS) is 17.2. The maximum Gasteiger partial charge on any atom is 0.290 e. The van der Waals surface area contributed by atoms with E-state index in [0.29, 0.717) is 17.5 Å². The van der Waals surface area contributed by atoms with Gasteiger partial charge in [0.05, 0.1) is 0 Å². The van der Waals surface area contributed by atoms with Crippen LogP contribution >= 0.6 is 0 Å². The molecule has 4 aliphatic rings. The number of allylic oxidation sites excluding steroid dienone is 2. The van der Waals surface area contributed by atoms with E-state index in [4.69, 9.17) is 4.42 Å². The first kappa shape index (κ1) is 33.9. The van der Waals surface area contributed by atoms with Crippen molar-refractivity contribution in [1.29, 1.82) is 0 Å². The summed E-state index contributed by atoms with van der Waals surface area (Å²) in [6.45, 7) is 6.77. The number of nitrogens with one attached hydrogen (secondary N) is 2. The summed E-state index contributed by atoms with van der Waals surface area (Å²) in [5.74, 6) is 1.75. The lowest BCUT2D eigenvalue weighted by atomic mass is 9.74. The second kappa shape index (κ2) is 14.1. The average molecular weight is 709 g/mol. The number of piperidine rings is 2. The fourth-order valence-corrected chi connectivity index (χ4v) is 7.84. The monoisotopic (exact) mass is 708 g/mol. The lowest BCUT2D eigenvalue weighted by Crippen LogP contribution is -2.42. The van der Waals surface area contributed by atoms with Gasteiger partial charge in [-0.1, -0.05) is 72.8 Å². The molecule has 0 saturated carbocycles. The van der Waals surface area contributed by atoms with Crippen LogP contribution in [0, 0.1) is 6.92 Å². The number of anilines is 2. The van der Waals surface area contributed by atoms with Crippen molar-refractivity contribution in [2.24, 2.45) is 0 Å². The first-order chi connectivity index (χ1) is 25.8. The van der Waals surface area contributed by atoms with Crippen molar-refractivity contribution in [3.05, 3.63) is 119 Å². The number of aryl methyl sites for hydroxylation is 1. The number of nitrogens with zero attached hydrogens (tertiary/aromatic N) is 8. The number of carbonyl (C=O) groups is 2. The van der Waals surface area contributed by atoms with Gasteiger partial charge in [0.25, 0.3) is 11.8 Å². The number of amides is 2. The third-order valence-corrected chi connectivity index (χ3v) is 10.7. The molecule has 2 saturated heterocycles. The summed E-state index contributed by atoms with van der Waals surface area (Å²) in [6, 6.07) is 24.6. The molecule has 5 aromatic rings. The third kappa shape index (κ3) is 6.77. The van der Waals surface area contributed by atoms with Crippen LogP contribution < -0.4 is 20.7 Å². The highest BCUT2D eigenvalue weighted by Crippen LogP contribution is 2.45. The van der Waals surface area contributed by atoms with Crippen molar-refractivity contribution < 1.29 is 14.0 Å². The molecule has 9 rings (SSSR count). The van der Waals surface area contributed by atoms with Gasteiger partial charge in [-0.3, -0.25) is 20.4 Å². The second-order valence-corrected chi connectivity index (χ2v) is 13.9. The third-order valence-electron chi connectivity index (χ3n) is 10.7. The zero-order valence-electron chi connectivity index (χ0n) is 29.7. The zero-order chi connectivity index (χ0) is 36.4. The van der Waals surface area contributed by atoms with Gasteiger partial charge in [-0.15, -0.1) is 30.6 Å². The molecule has 2 aromatic carbocycles. The molecule has 2 spiro atoms. The number of benzene rings is 2. The molecule has 2 fully saturated rings. The van der Waals surface area contributed by atoms with Crippen molar-refractivity contribution in [3.63, 3.8) is 0 Å². The summed E-state index contributed by atoms with van der Waals surface area (Å²) < 4.78 is 5.41. The van der Waals surface area contributed by atoms with Crippen LogP contribution in [-0.4, -0.2) is 68.6 Å². The van der Waals surface area contributed by atoms with Crippen LogP contribution in [0.2, 0.25) is 0 Å². The molecule has 0 bridgehead atoms. The van der Waals surface area contributed by atoms with Crippen molar-refractivity contribution in [2.75, 3.05) is 36.0 Å². The van der Waals surface area contributed by atoms with E-state index in [1.807, 2.05) is 12.1 Å². The fourth-order valence-electron chi connectivity index (χ4n) is 7.84. The first-order valence-corrected chi connectivity index (χ1v) is 17.9. The summed E-state index contributed by atoms with van der Waals surface area (Å²) >= 11 is 0. The van der Waals surface area contributed by atoms with Gasteiger partial charge in [0.15, 0.2) is 17.3 Å². The molecule has 2 amide bonds. The predicted octanol–water partition coefficient (Wildman–Crippen LogP) is 5.22. The Balaban J connectivity index is 0.000000151. The summed E-state index contributed by atoms with van der Waals surface area (Å²) in [5.41, 5.74) is 11.1. The van der Waals surface area contributed by atoms with Gasteiger partial charge in [-0.25, -0.2) is 0 Å². The maximum atomic E-state index is 11.9. The topological polar surface area (TPSA) is 155 Å². The number of aromatic nitrogens is 6. The van der Waals surface area contributed by atoms with Crippen LogP contribution in [0.1, 0.15) is 71.2 Å². The Morgan fingerprint density at radius 3 is 1.66 bits per heavy atom. The molecule has 0 radical (unpaired) electrons. The minimum Gasteiger partial charge on any atom is -0.420 e. The van der Waals surface area contributed by atoms with Gasteiger partial charge in [-0.05, 0) is 72.2 Å². The highest BCUT2D eigenvalue weighted by molar-refractivity contribution is 5.93. The summed E-state index contributed by atoms with van der Waals surface area (Å²) in [7, 11) is 0. The van der Waals surface area contributed by atoms with Crippen LogP contribution in [0.4, 0.5) is 11.6 Å². The smallest absolute Gasteiger partial charge is 0.290 e. The van der Waals surface area contributed by atoms with E-state index in [-0.39, 0.29) is 22.4 Å². The molecular formula is C40H40N10O3. The Kier molecular flexibility index (Phi) is 8.99. The zero-order valence-corrected chi connectivity index (χ0v) is 29.7. The Hall–Kier alpha value is -6.24. The Bertz CT molecular complexity index is 2180. The molecular weight excluding hydrogens is 669 g/mol. The van der Waals surface area contributed by atoms with Crippen LogP contribution in [0.15, 0.2) is 89.4 Å². The SMILES string of the molecule is CC(=O)NNC(=O)c1ccc(N2CCC3(C=Cc4ccccc43)CC2)nn1.Cc1nnc(-c2ccc(N3CCC4(C=Cc5ccccc54)CC3)nn2)o1. The number of hydrogen-bond donors (Lipinski definition) is 2. The van der Waals surface area contributed by atoms with Gasteiger partial charge < -0.3 is 14.2 Å². The molecule has 53 heavy (non-hydrogen) atoms. The van der Waals surface area contributed by atoms with Crippen molar-refractivity contribution >= 4 is 35.6 Å². The Labute approximate surface area is 307 Å². The van der Waals surface area contributed by atoms with E-state index in [0.717, 1.165) is 63.5 Å². The molecule has 13 heteroatoms. The van der Waals surface area contributed by atoms with Crippen molar-refractivity contribution in [1.82, 2.24) is 41.4 Å². The molecule has 0 unspecified atom stereocenters. The summed E-state index contributed by atoms with van der Waals surface area (Å²) in [5, 5.41) is 24.6. The molecule has 13 nitrogen and oxygen atoms in total. The Morgan fingerprint density at radius 1 is 0.642 bits per heavy atom. The van der Waals surface area contributed by atoms with E-state index in [2.05, 4.69) is 124 Å². The summed E-state index contributed by atoms with van der Waals surface area (Å²) in [6.07, 6.45) is 13.5. The van der Waals surface area contributed by atoms with E-state index in [9.17, 15) is 9.59 Å². The largest absolute Gasteiger partial charge is 0.420 e. The van der Waals surface area contributed by atoms with Crippen molar-refractivity contribution in [2.45, 2.75) is 50.4 Å². The van der Waals surface area contributed by atoms with E-state index < -0.39 is 5.91 Å². The lowest BCUT2D eigenvalue weighted by molar-refractivity contribution is -0.119. The minimum absolute atomic E-state index is 0.124. The highest BCUT2D eigenvalue weighted by atomic mass is 16.4. The van der Waals surface area contributed by atoms with E-state index in [1.54, 1.807) is 19.1 Å². The average Bonchev–Trinajstić information content (AvgIpc) is 3.91. The van der Waals surface area contributed by atoms with Gasteiger partial charge >= 0.3 is 0 Å². The van der Waals surface area contributed by atoms with E-state index in [1.165, 1.54) is 29.2 Å². The molecule has 2 aliphatic heterocycles. The number of fused-ring (bicyclic) bond motifs is 4. The minimum atomic E-state index is -0.491. The summed E-state index contributed by atoms with van der Waals surface area (Å²) in [4.78, 5) is 27.2. The molecule has 268 valence electrons. The Morgan fingerprint density at radius 2 is 1.19 bits per heavy atom. The number of hydrazine groups is 1. The maximum absolute atomic E-state index is 11.9. The number of rotatable bonds is 4. The van der Waals surface area contributed by atoms with Crippen LogP contribution in [0.3, 0.4) is 0 Å². The van der Waals surface area contributed by atoms with Gasteiger partial charge in [0.1, 0.15) is 5.69 Å². The van der Waals surface area contributed by atoms with E-state index >= 15 is 0 Å². The fraction of sp³-hybridized carbons (Fsp3) is 0.300. The first-order valence-electron chi connectivity index (χ1n) is 17.9. The van der Waals surface area contributed by atoms with Crippen LogP contribution in [0.5, 0.6) is 0 Å². The molecule has 0 atom stereocenters. The molecule has 3 aromatic heterocycles. The van der Waals surface area contributed by atoms with Crippen LogP contribution in [-0.2, 0) is 15.6 Å². The highest BCUT2D eigenvalue weighted by Gasteiger charge is 2.39. The number of carbonyl (C=O) groups excluding carboxylic acids is 2. The lowest BCUT2D eigenvalue weighted by Gasteiger charge is -2.39. The van der Waals surface area contributed by atoms with Gasteiger partial charge in [0, 0.05) is 50.9 Å². The quantitative estimate of drug-likeness (QED) is 0.236. The molecule has 2 aliphatic carbocycles. The van der Waals surface area contributed by atoms with Gasteiger partial charge in [-0.2, -0.15) is 0 Å². The molecule has 2 N–H and O–H groups in total. The molecule has 5 heterocycles. The van der Waals surface area contributed by atoms with Crippen LogP contribution in [0.25, 0.3) is 23.7 Å². The standard InChI is InChI=1S/C20H21N5O2.C20H19N5O/c1-14(26)21-24-19(27)17-6-7-18(23-22-17)25-12-10-20(11-13-25)9-8-15-4-2-3-5-16(15)20;1-14-21-24-19(26-14)17-6-7-18(23-22-17)25-12-10-20(11-13-25)9-8-15-4-2-3-5-16(15)20/h2-9H,10-13H2,1H3,(H,21,26)(H,24,27);2-9H,10-13H2,1H3. The van der Waals surface area contributed by atoms with Crippen molar-refractivity contribution in [3.8, 4) is 11.6 Å². The predicted molar refractivity (Wildman–Crippen MR) is 201 cm³/mol. The number of hydrogen-bond acceptors (Lipinski definition) is 11. The second-order valence-electron chi connectivity index (χ2n) is 13.9. The van der Waals surface area contributed by atoms with Gasteiger partial charge in [0.2, 0.25) is 11.8 Å².